The smallest absolute Gasteiger partial charge is 0.148 e. The van der Waals surface area contributed by atoms with Crippen LogP contribution in [0.2, 0.25) is 0 Å². The predicted molar refractivity (Wildman–Crippen MR) is 73.9 cm³/mol. The standard InChI is InChI=1S/C14H23NO3/c1-10-12(17-5)8-7-11(13(10)18-6)15(4)9-14(2,3)16/h7-8,16H,9H2,1-6H3. The largest absolute Gasteiger partial charge is 0.496 e. The number of aliphatic hydroxyl groups is 1. The van der Waals surface area contributed by atoms with E-state index >= 15 is 0 Å². The Bertz CT molecular complexity index is 410. The van der Waals surface area contributed by atoms with Crippen LogP contribution in [-0.4, -0.2) is 38.5 Å². The molecule has 0 bridgehead atoms. The highest BCUT2D eigenvalue weighted by molar-refractivity contribution is 5.65. The van der Waals surface area contributed by atoms with E-state index in [0.717, 1.165) is 22.7 Å². The van der Waals surface area contributed by atoms with Gasteiger partial charge in [-0.15, -0.1) is 0 Å². The summed E-state index contributed by atoms with van der Waals surface area (Å²) in [5, 5.41) is 9.88. The van der Waals surface area contributed by atoms with Gasteiger partial charge in [0.1, 0.15) is 11.5 Å². The lowest BCUT2D eigenvalue weighted by Gasteiger charge is -2.29. The van der Waals surface area contributed by atoms with Crippen LogP contribution in [0, 0.1) is 6.92 Å². The molecule has 0 aliphatic heterocycles. The average Bonchev–Trinajstić information content (AvgIpc) is 2.26. The molecular formula is C14H23NO3. The molecule has 0 aromatic heterocycles. The van der Waals surface area contributed by atoms with Crippen LogP contribution >= 0.6 is 0 Å². The summed E-state index contributed by atoms with van der Waals surface area (Å²) < 4.78 is 10.7. The van der Waals surface area contributed by atoms with Gasteiger partial charge in [-0.1, -0.05) is 0 Å². The first kappa shape index (κ1) is 14.6. The van der Waals surface area contributed by atoms with E-state index in [9.17, 15) is 5.11 Å². The molecule has 0 aliphatic carbocycles. The molecule has 0 heterocycles. The third-order valence-corrected chi connectivity index (χ3v) is 2.79. The van der Waals surface area contributed by atoms with Crippen molar-refractivity contribution in [3.8, 4) is 11.5 Å². The molecule has 0 saturated carbocycles. The van der Waals surface area contributed by atoms with Crippen molar-refractivity contribution in [3.05, 3.63) is 17.7 Å². The molecule has 1 aromatic rings. The third kappa shape index (κ3) is 3.29. The maximum atomic E-state index is 9.88. The Morgan fingerprint density at radius 1 is 1.22 bits per heavy atom. The molecule has 4 heteroatoms. The average molecular weight is 253 g/mol. The van der Waals surface area contributed by atoms with Gasteiger partial charge < -0.3 is 19.5 Å². The number of methoxy groups -OCH3 is 2. The molecule has 0 amide bonds. The summed E-state index contributed by atoms with van der Waals surface area (Å²) in [5.41, 5.74) is 1.14. The Morgan fingerprint density at radius 2 is 1.83 bits per heavy atom. The molecule has 0 spiro atoms. The number of rotatable bonds is 5. The van der Waals surface area contributed by atoms with Gasteiger partial charge in [-0.2, -0.15) is 0 Å². The summed E-state index contributed by atoms with van der Waals surface area (Å²) >= 11 is 0. The fourth-order valence-corrected chi connectivity index (χ4v) is 2.10. The predicted octanol–water partition coefficient (Wildman–Crippen LogP) is 2.22. The molecule has 0 aliphatic rings. The van der Waals surface area contributed by atoms with Crippen LogP contribution in [0.1, 0.15) is 19.4 Å². The second-order valence-corrected chi connectivity index (χ2v) is 5.11. The molecule has 1 aromatic carbocycles. The lowest BCUT2D eigenvalue weighted by Crippen LogP contribution is -2.36. The Hall–Kier alpha value is -1.42. The topological polar surface area (TPSA) is 41.9 Å². The normalized spacial score (nSPS) is 11.3. The van der Waals surface area contributed by atoms with Crippen molar-refractivity contribution in [2.45, 2.75) is 26.4 Å². The van der Waals surface area contributed by atoms with Gasteiger partial charge in [0.25, 0.3) is 0 Å². The molecule has 0 fully saturated rings. The van der Waals surface area contributed by atoms with E-state index in [2.05, 4.69) is 0 Å². The summed E-state index contributed by atoms with van der Waals surface area (Å²) in [7, 11) is 5.22. The van der Waals surface area contributed by atoms with Gasteiger partial charge in [0.05, 0.1) is 25.5 Å². The van der Waals surface area contributed by atoms with Crippen molar-refractivity contribution in [2.24, 2.45) is 0 Å². The minimum atomic E-state index is -0.756. The number of nitrogens with zero attached hydrogens (tertiary/aromatic N) is 1. The van der Waals surface area contributed by atoms with Gasteiger partial charge in [-0.3, -0.25) is 0 Å². The van der Waals surface area contributed by atoms with E-state index in [4.69, 9.17) is 9.47 Å². The first-order chi connectivity index (χ1) is 8.30. The van der Waals surface area contributed by atoms with E-state index in [0.29, 0.717) is 6.54 Å². The quantitative estimate of drug-likeness (QED) is 0.873. The monoisotopic (exact) mass is 253 g/mol. The van der Waals surface area contributed by atoms with E-state index in [-0.39, 0.29) is 0 Å². The van der Waals surface area contributed by atoms with Crippen LogP contribution < -0.4 is 14.4 Å². The fourth-order valence-electron chi connectivity index (χ4n) is 2.10. The van der Waals surface area contributed by atoms with Crippen molar-refractivity contribution in [1.82, 2.24) is 0 Å². The van der Waals surface area contributed by atoms with Crippen molar-refractivity contribution < 1.29 is 14.6 Å². The van der Waals surface area contributed by atoms with Crippen LogP contribution in [0.15, 0.2) is 12.1 Å². The maximum absolute atomic E-state index is 9.88. The second-order valence-electron chi connectivity index (χ2n) is 5.11. The third-order valence-electron chi connectivity index (χ3n) is 2.79. The number of hydrogen-bond donors (Lipinski definition) is 1. The minimum absolute atomic E-state index is 0.523. The van der Waals surface area contributed by atoms with Crippen molar-refractivity contribution in [2.75, 3.05) is 32.7 Å². The number of anilines is 1. The molecule has 102 valence electrons. The Balaban J connectivity index is 3.13. The number of benzene rings is 1. The maximum Gasteiger partial charge on any atom is 0.148 e. The first-order valence-electron chi connectivity index (χ1n) is 5.95. The van der Waals surface area contributed by atoms with Crippen LogP contribution in [0.4, 0.5) is 5.69 Å². The van der Waals surface area contributed by atoms with Gasteiger partial charge in [0, 0.05) is 19.2 Å². The van der Waals surface area contributed by atoms with Gasteiger partial charge in [-0.25, -0.2) is 0 Å². The second kappa shape index (κ2) is 5.48. The molecule has 1 rings (SSSR count). The summed E-state index contributed by atoms with van der Waals surface area (Å²) in [6, 6.07) is 3.85. The van der Waals surface area contributed by atoms with Crippen LogP contribution in [0.3, 0.4) is 0 Å². The molecule has 0 saturated heterocycles. The Kier molecular flexibility index (Phi) is 4.46. The zero-order chi connectivity index (χ0) is 13.9. The highest BCUT2D eigenvalue weighted by Gasteiger charge is 2.20. The summed E-state index contributed by atoms with van der Waals surface area (Å²) in [5.74, 6) is 1.58. The van der Waals surface area contributed by atoms with Crippen LogP contribution in [-0.2, 0) is 0 Å². The van der Waals surface area contributed by atoms with Gasteiger partial charge in [-0.05, 0) is 32.9 Å². The Labute approximate surface area is 109 Å². The Morgan fingerprint density at radius 3 is 2.28 bits per heavy atom. The van der Waals surface area contributed by atoms with Gasteiger partial charge in [0.2, 0.25) is 0 Å². The molecular weight excluding hydrogens is 230 g/mol. The van der Waals surface area contributed by atoms with Gasteiger partial charge in [0.15, 0.2) is 0 Å². The van der Waals surface area contributed by atoms with Crippen molar-refractivity contribution >= 4 is 5.69 Å². The van der Waals surface area contributed by atoms with E-state index in [1.165, 1.54) is 0 Å². The number of ether oxygens (including phenoxy) is 2. The molecule has 0 atom stereocenters. The van der Waals surface area contributed by atoms with Crippen LogP contribution in [0.25, 0.3) is 0 Å². The number of hydrogen-bond acceptors (Lipinski definition) is 4. The molecule has 18 heavy (non-hydrogen) atoms. The van der Waals surface area contributed by atoms with E-state index in [1.807, 2.05) is 31.0 Å². The molecule has 0 unspecified atom stereocenters. The lowest BCUT2D eigenvalue weighted by molar-refractivity contribution is 0.0885. The zero-order valence-corrected chi connectivity index (χ0v) is 12.1. The molecule has 4 nitrogen and oxygen atoms in total. The highest BCUT2D eigenvalue weighted by atomic mass is 16.5. The lowest BCUT2D eigenvalue weighted by atomic mass is 10.1. The SMILES string of the molecule is COc1ccc(N(C)CC(C)(C)O)c(OC)c1C. The van der Waals surface area contributed by atoms with Crippen molar-refractivity contribution in [1.29, 1.82) is 0 Å². The molecule has 0 radical (unpaired) electrons. The first-order valence-corrected chi connectivity index (χ1v) is 5.95. The summed E-state index contributed by atoms with van der Waals surface area (Å²) in [4.78, 5) is 1.98. The minimum Gasteiger partial charge on any atom is -0.496 e. The van der Waals surface area contributed by atoms with Gasteiger partial charge >= 0.3 is 0 Å². The fraction of sp³-hybridized carbons (Fsp3) is 0.571. The van der Waals surface area contributed by atoms with E-state index in [1.54, 1.807) is 28.1 Å². The summed E-state index contributed by atoms with van der Waals surface area (Å²) in [6.07, 6.45) is 0. The highest BCUT2D eigenvalue weighted by Crippen LogP contribution is 2.37. The van der Waals surface area contributed by atoms with E-state index < -0.39 is 5.60 Å². The number of likely N-dealkylation sites (N-methyl/N-ethyl adjacent to an activating group) is 1. The van der Waals surface area contributed by atoms with Crippen LogP contribution in [0.5, 0.6) is 11.5 Å². The summed E-state index contributed by atoms with van der Waals surface area (Å²) in [6.45, 7) is 6.05. The van der Waals surface area contributed by atoms with Crippen molar-refractivity contribution in [3.63, 3.8) is 0 Å². The molecule has 1 N–H and O–H groups in total. The zero-order valence-electron chi connectivity index (χ0n) is 12.1.